The third-order valence-electron chi connectivity index (χ3n) is 2.89. The van der Waals surface area contributed by atoms with Crippen LogP contribution in [0.25, 0.3) is 0 Å². The van der Waals surface area contributed by atoms with E-state index in [0.717, 1.165) is 12.1 Å². The van der Waals surface area contributed by atoms with Gasteiger partial charge < -0.3 is 25.4 Å². The second-order valence-corrected chi connectivity index (χ2v) is 4.95. The molecule has 0 unspecified atom stereocenters. The molecule has 0 fully saturated rings. The van der Waals surface area contributed by atoms with E-state index >= 15 is 0 Å². The first-order valence-corrected chi connectivity index (χ1v) is 6.98. The van der Waals surface area contributed by atoms with Crippen molar-refractivity contribution < 1.29 is 14.3 Å². The number of ether oxygens (including phenoxy) is 2. The number of halogens is 2. The second kappa shape index (κ2) is 13.2. The van der Waals surface area contributed by atoms with Crippen LogP contribution in [0.2, 0.25) is 0 Å². The lowest BCUT2D eigenvalue weighted by Gasteiger charge is -2.14. The summed E-state index contributed by atoms with van der Waals surface area (Å²) in [6.45, 7) is 2.23. The molecule has 0 atom stereocenters. The average molecular weight is 368 g/mol. The Morgan fingerprint density at radius 3 is 2.52 bits per heavy atom. The molecule has 0 aliphatic rings. The Kier molecular flexibility index (Phi) is 13.9. The fraction of sp³-hybridized carbons (Fsp3) is 0.533. The largest absolute Gasteiger partial charge is 0.493 e. The van der Waals surface area contributed by atoms with Crippen LogP contribution in [-0.2, 0) is 11.3 Å². The highest BCUT2D eigenvalue weighted by molar-refractivity contribution is 5.85. The molecule has 1 aromatic carbocycles. The Bertz CT molecular complexity index is 460. The summed E-state index contributed by atoms with van der Waals surface area (Å²) in [6.07, 6.45) is 0.336. The van der Waals surface area contributed by atoms with Crippen LogP contribution in [0.3, 0.4) is 0 Å². The van der Waals surface area contributed by atoms with Crippen LogP contribution in [0.5, 0.6) is 11.5 Å². The lowest BCUT2D eigenvalue weighted by atomic mass is 10.2. The Morgan fingerprint density at radius 1 is 1.26 bits per heavy atom. The second-order valence-electron chi connectivity index (χ2n) is 4.95. The van der Waals surface area contributed by atoms with E-state index in [1.807, 2.05) is 37.2 Å². The molecule has 0 bridgehead atoms. The molecule has 0 saturated heterocycles. The van der Waals surface area contributed by atoms with Gasteiger partial charge in [-0.05, 0) is 31.8 Å². The molecule has 0 aliphatic heterocycles. The number of carbonyl (C=O) groups is 1. The topological polar surface area (TPSA) is 76.8 Å². The molecule has 0 radical (unpaired) electrons. The third-order valence-corrected chi connectivity index (χ3v) is 2.89. The first-order chi connectivity index (χ1) is 10.1. The molecule has 0 aliphatic carbocycles. The molecule has 0 saturated carbocycles. The lowest BCUT2D eigenvalue weighted by molar-refractivity contribution is -0.121. The standard InChI is InChI=1S/C15H25N3O3.2ClH/c1-18(2)8-9-21-13-5-4-12(10-14(13)20-3)11-17-15(19)6-7-16;;/h4-5,10H,6-9,11,16H2,1-3H3,(H,17,19);2*1H. The predicted octanol–water partition coefficient (Wildman–Crippen LogP) is 1.44. The van der Waals surface area contributed by atoms with Crippen LogP contribution in [0.4, 0.5) is 0 Å². The van der Waals surface area contributed by atoms with E-state index in [0.29, 0.717) is 37.6 Å². The molecule has 0 heterocycles. The highest BCUT2D eigenvalue weighted by Crippen LogP contribution is 2.28. The summed E-state index contributed by atoms with van der Waals surface area (Å²) < 4.78 is 11.0. The maximum Gasteiger partial charge on any atom is 0.221 e. The van der Waals surface area contributed by atoms with Crippen molar-refractivity contribution in [1.29, 1.82) is 0 Å². The fourth-order valence-corrected chi connectivity index (χ4v) is 1.70. The highest BCUT2D eigenvalue weighted by Gasteiger charge is 2.07. The molecule has 0 aromatic heterocycles. The van der Waals surface area contributed by atoms with Gasteiger partial charge in [0.1, 0.15) is 6.61 Å². The number of hydrogen-bond acceptors (Lipinski definition) is 5. The smallest absolute Gasteiger partial charge is 0.221 e. The van der Waals surface area contributed by atoms with Crippen molar-refractivity contribution in [2.45, 2.75) is 13.0 Å². The number of nitrogens with two attached hydrogens (primary N) is 1. The molecule has 134 valence electrons. The average Bonchev–Trinajstić information content (AvgIpc) is 2.46. The third kappa shape index (κ3) is 9.50. The number of carbonyl (C=O) groups excluding carboxylic acids is 1. The van der Waals surface area contributed by atoms with Crippen molar-refractivity contribution in [3.8, 4) is 11.5 Å². The minimum Gasteiger partial charge on any atom is -0.493 e. The maximum absolute atomic E-state index is 11.4. The minimum absolute atomic E-state index is 0. The van der Waals surface area contributed by atoms with E-state index in [2.05, 4.69) is 5.32 Å². The van der Waals surface area contributed by atoms with E-state index in [-0.39, 0.29) is 30.7 Å². The van der Waals surface area contributed by atoms with Crippen LogP contribution < -0.4 is 20.5 Å². The number of nitrogens with zero attached hydrogens (tertiary/aromatic N) is 1. The monoisotopic (exact) mass is 367 g/mol. The normalized spacial score (nSPS) is 9.61. The molecule has 8 heteroatoms. The number of benzene rings is 1. The summed E-state index contributed by atoms with van der Waals surface area (Å²) >= 11 is 0. The van der Waals surface area contributed by atoms with Gasteiger partial charge in [-0.2, -0.15) is 0 Å². The molecular formula is C15H27Cl2N3O3. The van der Waals surface area contributed by atoms with Crippen molar-refractivity contribution in [3.63, 3.8) is 0 Å². The Balaban J connectivity index is 0. The minimum atomic E-state index is -0.0530. The van der Waals surface area contributed by atoms with Crippen molar-refractivity contribution in [1.82, 2.24) is 10.2 Å². The molecule has 1 rings (SSSR count). The predicted molar refractivity (Wildman–Crippen MR) is 97.1 cm³/mol. The Hall–Kier alpha value is -1.21. The van der Waals surface area contributed by atoms with Crippen LogP contribution in [0.1, 0.15) is 12.0 Å². The maximum atomic E-state index is 11.4. The van der Waals surface area contributed by atoms with Gasteiger partial charge in [0.25, 0.3) is 0 Å². The first kappa shape index (κ1) is 24.0. The fourth-order valence-electron chi connectivity index (χ4n) is 1.70. The molecular weight excluding hydrogens is 341 g/mol. The lowest BCUT2D eigenvalue weighted by Crippen LogP contribution is -2.25. The van der Waals surface area contributed by atoms with Gasteiger partial charge in [0.2, 0.25) is 5.91 Å². The zero-order valence-corrected chi connectivity index (χ0v) is 15.5. The molecule has 1 aromatic rings. The first-order valence-electron chi connectivity index (χ1n) is 6.98. The van der Waals surface area contributed by atoms with Gasteiger partial charge in [-0.25, -0.2) is 0 Å². The summed E-state index contributed by atoms with van der Waals surface area (Å²) in [7, 11) is 5.59. The number of hydrogen-bond donors (Lipinski definition) is 2. The van der Waals surface area contributed by atoms with Crippen LogP contribution >= 0.6 is 24.8 Å². The van der Waals surface area contributed by atoms with Gasteiger partial charge >= 0.3 is 0 Å². The Labute approximate surface area is 150 Å². The van der Waals surface area contributed by atoms with E-state index < -0.39 is 0 Å². The zero-order chi connectivity index (χ0) is 15.7. The highest BCUT2D eigenvalue weighted by atomic mass is 35.5. The summed E-state index contributed by atoms with van der Waals surface area (Å²) in [5.41, 5.74) is 6.29. The number of likely N-dealkylation sites (N-methyl/N-ethyl adjacent to an activating group) is 1. The molecule has 1 amide bonds. The van der Waals surface area contributed by atoms with Gasteiger partial charge in [-0.3, -0.25) is 4.79 Å². The van der Waals surface area contributed by atoms with E-state index in [1.54, 1.807) is 7.11 Å². The van der Waals surface area contributed by atoms with E-state index in [1.165, 1.54) is 0 Å². The number of methoxy groups -OCH3 is 1. The van der Waals surface area contributed by atoms with Crippen LogP contribution in [0, 0.1) is 0 Å². The van der Waals surface area contributed by atoms with Crippen LogP contribution in [-0.4, -0.2) is 51.7 Å². The summed E-state index contributed by atoms with van der Waals surface area (Å²) in [4.78, 5) is 13.4. The summed E-state index contributed by atoms with van der Waals surface area (Å²) in [6, 6.07) is 5.64. The van der Waals surface area contributed by atoms with E-state index in [9.17, 15) is 4.79 Å². The van der Waals surface area contributed by atoms with Gasteiger partial charge in [-0.1, -0.05) is 6.07 Å². The van der Waals surface area contributed by atoms with Crippen molar-refractivity contribution in [2.24, 2.45) is 5.73 Å². The van der Waals surface area contributed by atoms with Crippen molar-refractivity contribution in [2.75, 3.05) is 40.9 Å². The number of amides is 1. The molecule has 3 N–H and O–H groups in total. The van der Waals surface area contributed by atoms with Crippen LogP contribution in [0.15, 0.2) is 18.2 Å². The number of rotatable bonds is 9. The van der Waals surface area contributed by atoms with Gasteiger partial charge in [0.05, 0.1) is 7.11 Å². The quantitative estimate of drug-likeness (QED) is 0.690. The number of nitrogens with one attached hydrogen (secondary N) is 1. The summed E-state index contributed by atoms with van der Waals surface area (Å²) in [5, 5.41) is 2.81. The van der Waals surface area contributed by atoms with Crippen molar-refractivity contribution in [3.05, 3.63) is 23.8 Å². The Morgan fingerprint density at radius 2 is 1.96 bits per heavy atom. The zero-order valence-electron chi connectivity index (χ0n) is 13.8. The molecule has 0 spiro atoms. The van der Waals surface area contributed by atoms with Gasteiger partial charge in [-0.15, -0.1) is 24.8 Å². The molecule has 6 nitrogen and oxygen atoms in total. The van der Waals surface area contributed by atoms with Gasteiger partial charge in [0, 0.05) is 26.1 Å². The molecule has 23 heavy (non-hydrogen) atoms. The summed E-state index contributed by atoms with van der Waals surface area (Å²) in [5.74, 6) is 1.32. The van der Waals surface area contributed by atoms with Gasteiger partial charge in [0.15, 0.2) is 11.5 Å². The van der Waals surface area contributed by atoms with Crippen molar-refractivity contribution >= 4 is 30.7 Å². The SMILES string of the molecule is COc1cc(CNC(=O)CCN)ccc1OCCN(C)C.Cl.Cl. The van der Waals surface area contributed by atoms with E-state index in [4.69, 9.17) is 15.2 Å².